The smallest absolute Gasteiger partial charge is 0.0756 e. The van der Waals surface area contributed by atoms with Gasteiger partial charge >= 0.3 is 0 Å². The van der Waals surface area contributed by atoms with E-state index >= 15 is 0 Å². The Morgan fingerprint density at radius 1 is 1.25 bits per heavy atom. The summed E-state index contributed by atoms with van der Waals surface area (Å²) in [5.74, 6) is 0. The Kier molecular flexibility index (Phi) is 4.23. The summed E-state index contributed by atoms with van der Waals surface area (Å²) in [6.07, 6.45) is 9.38. The average Bonchev–Trinajstić information content (AvgIpc) is 2.84. The van der Waals surface area contributed by atoms with Crippen LogP contribution in [0.2, 0.25) is 5.02 Å². The van der Waals surface area contributed by atoms with E-state index in [2.05, 4.69) is 18.3 Å². The molecule has 0 bridgehead atoms. The summed E-state index contributed by atoms with van der Waals surface area (Å²) in [5.41, 5.74) is 2.58. The molecule has 1 aliphatic carbocycles. The number of rotatable bonds is 3. The van der Waals surface area contributed by atoms with Crippen molar-refractivity contribution in [3.05, 3.63) is 28.8 Å². The van der Waals surface area contributed by atoms with Crippen LogP contribution in [0.3, 0.4) is 0 Å². The quantitative estimate of drug-likeness (QED) is 0.852. The van der Waals surface area contributed by atoms with Crippen molar-refractivity contribution < 1.29 is 4.74 Å². The molecule has 1 saturated carbocycles. The molecular weight excluding hydrogens is 270 g/mol. The Morgan fingerprint density at radius 3 is 2.85 bits per heavy atom. The van der Waals surface area contributed by atoms with Gasteiger partial charge in [0.05, 0.1) is 11.7 Å². The first-order valence-corrected chi connectivity index (χ1v) is 8.23. The van der Waals surface area contributed by atoms with E-state index in [1.165, 1.54) is 50.5 Å². The second-order valence-corrected chi connectivity index (χ2v) is 6.80. The van der Waals surface area contributed by atoms with Crippen molar-refractivity contribution in [3.63, 3.8) is 0 Å². The van der Waals surface area contributed by atoms with Gasteiger partial charge in [-0.1, -0.05) is 36.9 Å². The molecule has 3 heteroatoms. The summed E-state index contributed by atoms with van der Waals surface area (Å²) in [6.45, 7) is 3.00. The van der Waals surface area contributed by atoms with Gasteiger partial charge in [0, 0.05) is 17.3 Å². The largest absolute Gasteiger partial charge is 0.382 e. The van der Waals surface area contributed by atoms with Crippen LogP contribution in [-0.2, 0) is 4.74 Å². The molecule has 0 amide bonds. The summed E-state index contributed by atoms with van der Waals surface area (Å²) in [4.78, 5) is 0. The highest BCUT2D eigenvalue weighted by Crippen LogP contribution is 2.41. The molecule has 1 aliphatic heterocycles. The monoisotopic (exact) mass is 293 g/mol. The Labute approximate surface area is 126 Å². The standard InChI is InChI=1S/C17H24ClNO/c1-13-5-6-14(18)11-16(13)19-12-15-7-10-17(20-15)8-3-2-4-9-17/h5-6,11,15,19H,2-4,7-10,12H2,1H3. The minimum absolute atomic E-state index is 0.216. The van der Waals surface area contributed by atoms with E-state index in [0.717, 1.165) is 17.3 Å². The molecule has 1 atom stereocenters. The number of aryl methyl sites for hydroxylation is 1. The van der Waals surface area contributed by atoms with Gasteiger partial charge in [0.1, 0.15) is 0 Å². The molecular formula is C17H24ClNO. The fourth-order valence-electron chi connectivity index (χ4n) is 3.61. The van der Waals surface area contributed by atoms with Crippen LogP contribution < -0.4 is 5.32 Å². The van der Waals surface area contributed by atoms with E-state index in [1.807, 2.05) is 12.1 Å². The lowest BCUT2D eigenvalue weighted by atomic mass is 9.83. The van der Waals surface area contributed by atoms with Gasteiger partial charge in [0.25, 0.3) is 0 Å². The van der Waals surface area contributed by atoms with Gasteiger partial charge in [-0.2, -0.15) is 0 Å². The first-order valence-electron chi connectivity index (χ1n) is 7.85. The molecule has 1 aromatic carbocycles. The van der Waals surface area contributed by atoms with Gasteiger partial charge < -0.3 is 10.1 Å². The van der Waals surface area contributed by atoms with Crippen LogP contribution in [0.5, 0.6) is 0 Å². The van der Waals surface area contributed by atoms with Gasteiger partial charge in [-0.3, -0.25) is 0 Å². The second-order valence-electron chi connectivity index (χ2n) is 6.36. The fourth-order valence-corrected chi connectivity index (χ4v) is 3.78. The van der Waals surface area contributed by atoms with Gasteiger partial charge in [-0.15, -0.1) is 0 Å². The van der Waals surface area contributed by atoms with Crippen LogP contribution in [0.4, 0.5) is 5.69 Å². The molecule has 0 radical (unpaired) electrons. The van der Waals surface area contributed by atoms with Crippen LogP contribution in [0.1, 0.15) is 50.5 Å². The lowest BCUT2D eigenvalue weighted by molar-refractivity contribution is -0.0588. The maximum Gasteiger partial charge on any atom is 0.0756 e. The maximum atomic E-state index is 6.39. The molecule has 2 fully saturated rings. The minimum atomic E-state index is 0.216. The number of hydrogen-bond donors (Lipinski definition) is 1. The van der Waals surface area contributed by atoms with E-state index in [1.54, 1.807) is 0 Å². The number of halogens is 1. The summed E-state index contributed by atoms with van der Waals surface area (Å²) in [7, 11) is 0. The van der Waals surface area contributed by atoms with Crippen molar-refractivity contribution in [3.8, 4) is 0 Å². The average molecular weight is 294 g/mol. The van der Waals surface area contributed by atoms with Crippen LogP contribution in [-0.4, -0.2) is 18.2 Å². The molecule has 20 heavy (non-hydrogen) atoms. The van der Waals surface area contributed by atoms with E-state index in [4.69, 9.17) is 16.3 Å². The van der Waals surface area contributed by atoms with Gasteiger partial charge in [-0.05, 0) is 50.3 Å². The maximum absolute atomic E-state index is 6.39. The SMILES string of the molecule is Cc1ccc(Cl)cc1NCC1CCC2(CCCCC2)O1. The van der Waals surface area contributed by atoms with Gasteiger partial charge in [-0.25, -0.2) is 0 Å². The molecule has 1 aromatic rings. The molecule has 2 aliphatic rings. The molecule has 1 saturated heterocycles. The van der Waals surface area contributed by atoms with E-state index in [9.17, 15) is 0 Å². The third-order valence-electron chi connectivity index (χ3n) is 4.82. The number of anilines is 1. The second kappa shape index (κ2) is 5.95. The molecule has 1 heterocycles. The minimum Gasteiger partial charge on any atom is -0.382 e. The summed E-state index contributed by atoms with van der Waals surface area (Å²) >= 11 is 6.06. The molecule has 1 spiro atoms. The predicted molar refractivity (Wildman–Crippen MR) is 84.6 cm³/mol. The third kappa shape index (κ3) is 3.12. The number of ether oxygens (including phenoxy) is 1. The highest BCUT2D eigenvalue weighted by Gasteiger charge is 2.40. The van der Waals surface area contributed by atoms with Crippen molar-refractivity contribution in [1.82, 2.24) is 0 Å². The van der Waals surface area contributed by atoms with E-state index in [0.29, 0.717) is 6.10 Å². The summed E-state index contributed by atoms with van der Waals surface area (Å²) in [6, 6.07) is 6.00. The molecule has 2 nitrogen and oxygen atoms in total. The molecule has 3 rings (SSSR count). The van der Waals surface area contributed by atoms with Gasteiger partial charge in [0.2, 0.25) is 0 Å². The van der Waals surface area contributed by atoms with E-state index in [-0.39, 0.29) is 5.60 Å². The number of nitrogens with one attached hydrogen (secondary N) is 1. The molecule has 1 N–H and O–H groups in total. The number of benzene rings is 1. The topological polar surface area (TPSA) is 21.3 Å². The zero-order chi connectivity index (χ0) is 14.0. The van der Waals surface area contributed by atoms with Crippen molar-refractivity contribution in [2.75, 3.05) is 11.9 Å². The normalized spacial score (nSPS) is 25.0. The zero-order valence-electron chi connectivity index (χ0n) is 12.3. The molecule has 110 valence electrons. The Balaban J connectivity index is 1.56. The van der Waals surface area contributed by atoms with Crippen LogP contribution in [0.25, 0.3) is 0 Å². The Morgan fingerprint density at radius 2 is 2.05 bits per heavy atom. The first-order chi connectivity index (χ1) is 9.67. The Hall–Kier alpha value is -0.730. The summed E-state index contributed by atoms with van der Waals surface area (Å²) < 4.78 is 6.39. The fraction of sp³-hybridized carbons (Fsp3) is 0.647. The van der Waals surface area contributed by atoms with Crippen LogP contribution in [0, 0.1) is 6.92 Å². The highest BCUT2D eigenvalue weighted by molar-refractivity contribution is 6.30. The predicted octanol–water partition coefficient (Wildman–Crippen LogP) is 4.94. The van der Waals surface area contributed by atoms with Crippen LogP contribution in [0.15, 0.2) is 18.2 Å². The molecule has 0 aromatic heterocycles. The zero-order valence-corrected chi connectivity index (χ0v) is 13.0. The lowest BCUT2D eigenvalue weighted by Gasteiger charge is -2.33. The first kappa shape index (κ1) is 14.2. The van der Waals surface area contributed by atoms with Crippen molar-refractivity contribution in [2.45, 2.75) is 63.6 Å². The van der Waals surface area contributed by atoms with Crippen molar-refractivity contribution in [2.24, 2.45) is 0 Å². The number of hydrogen-bond acceptors (Lipinski definition) is 2. The third-order valence-corrected chi connectivity index (χ3v) is 5.06. The van der Waals surface area contributed by atoms with E-state index < -0.39 is 0 Å². The van der Waals surface area contributed by atoms with Crippen molar-refractivity contribution >= 4 is 17.3 Å². The van der Waals surface area contributed by atoms with Crippen molar-refractivity contribution in [1.29, 1.82) is 0 Å². The highest BCUT2D eigenvalue weighted by atomic mass is 35.5. The molecule has 1 unspecified atom stereocenters. The van der Waals surface area contributed by atoms with Gasteiger partial charge in [0.15, 0.2) is 0 Å². The lowest BCUT2D eigenvalue weighted by Crippen LogP contribution is -2.33. The van der Waals surface area contributed by atoms with Crippen LogP contribution >= 0.6 is 11.6 Å². The Bertz CT molecular complexity index is 468. The summed E-state index contributed by atoms with van der Waals surface area (Å²) in [5, 5.41) is 4.29.